The number of benzene rings is 1. The van der Waals surface area contributed by atoms with E-state index in [1.54, 1.807) is 24.5 Å². The van der Waals surface area contributed by atoms with E-state index in [1.807, 2.05) is 25.1 Å². The summed E-state index contributed by atoms with van der Waals surface area (Å²) in [6, 6.07) is 13.8. The Bertz CT molecular complexity index is 664. The summed E-state index contributed by atoms with van der Waals surface area (Å²) in [6.07, 6.45) is 4.10. The lowest BCUT2D eigenvalue weighted by Crippen LogP contribution is -2.41. The Labute approximate surface area is 171 Å². The van der Waals surface area contributed by atoms with E-state index in [-0.39, 0.29) is 29.9 Å². The summed E-state index contributed by atoms with van der Waals surface area (Å²) >= 11 is 0. The van der Waals surface area contributed by atoms with Crippen LogP contribution in [0, 0.1) is 0 Å². The van der Waals surface area contributed by atoms with Gasteiger partial charge in [-0.15, -0.1) is 24.0 Å². The van der Waals surface area contributed by atoms with Gasteiger partial charge in [-0.25, -0.2) is 0 Å². The Morgan fingerprint density at radius 2 is 1.81 bits per heavy atom. The number of halogens is 1. The highest BCUT2D eigenvalue weighted by Crippen LogP contribution is 1.99. The van der Waals surface area contributed by atoms with Crippen molar-refractivity contribution in [3.05, 3.63) is 66.0 Å². The predicted octanol–water partition coefficient (Wildman–Crippen LogP) is 2.23. The minimum absolute atomic E-state index is 0. The van der Waals surface area contributed by atoms with Gasteiger partial charge in [0, 0.05) is 38.6 Å². The van der Waals surface area contributed by atoms with E-state index in [2.05, 4.69) is 38.1 Å². The van der Waals surface area contributed by atoms with E-state index in [9.17, 15) is 4.79 Å². The van der Waals surface area contributed by atoms with Gasteiger partial charge >= 0.3 is 0 Å². The number of aliphatic imine (C=N–C) groups is 1. The van der Waals surface area contributed by atoms with Gasteiger partial charge in [0.15, 0.2) is 5.96 Å². The van der Waals surface area contributed by atoms with Gasteiger partial charge in [-0.3, -0.25) is 14.8 Å². The lowest BCUT2D eigenvalue weighted by molar-refractivity contribution is 0.0954. The van der Waals surface area contributed by atoms with Crippen LogP contribution in [0.25, 0.3) is 0 Å². The molecule has 0 unspecified atom stereocenters. The van der Waals surface area contributed by atoms with Crippen LogP contribution in [-0.2, 0) is 6.42 Å². The molecule has 0 spiro atoms. The number of carbonyl (C=O) groups excluding carboxylic acids is 1. The second-order valence-electron chi connectivity index (χ2n) is 5.42. The Hall–Kier alpha value is -2.16. The number of amides is 1. The van der Waals surface area contributed by atoms with Crippen LogP contribution in [0.15, 0.2) is 59.9 Å². The van der Waals surface area contributed by atoms with Crippen molar-refractivity contribution >= 4 is 35.8 Å². The molecule has 0 bridgehead atoms. The third-order valence-corrected chi connectivity index (χ3v) is 3.48. The molecule has 1 amide bonds. The van der Waals surface area contributed by atoms with Crippen molar-refractivity contribution in [2.45, 2.75) is 13.3 Å². The molecule has 0 radical (unpaired) electrons. The summed E-state index contributed by atoms with van der Waals surface area (Å²) in [5.41, 5.74) is 1.83. The second kappa shape index (κ2) is 13.1. The summed E-state index contributed by atoms with van der Waals surface area (Å²) in [5.74, 6) is 0.634. The molecule has 0 aliphatic rings. The molecule has 1 aromatic carbocycles. The molecule has 2 aromatic rings. The fourth-order valence-electron chi connectivity index (χ4n) is 2.24. The molecule has 0 fully saturated rings. The molecule has 6 nitrogen and oxygen atoms in total. The number of nitrogens with one attached hydrogen (secondary N) is 3. The van der Waals surface area contributed by atoms with E-state index in [1.165, 1.54) is 5.56 Å². The summed E-state index contributed by atoms with van der Waals surface area (Å²) in [7, 11) is 0. The van der Waals surface area contributed by atoms with E-state index >= 15 is 0 Å². The van der Waals surface area contributed by atoms with E-state index in [4.69, 9.17) is 0 Å². The third-order valence-electron chi connectivity index (χ3n) is 3.48. The molecule has 0 saturated heterocycles. The van der Waals surface area contributed by atoms with Crippen molar-refractivity contribution in [2.75, 3.05) is 26.2 Å². The maximum Gasteiger partial charge on any atom is 0.252 e. The first-order valence-corrected chi connectivity index (χ1v) is 8.54. The van der Waals surface area contributed by atoms with E-state index < -0.39 is 0 Å². The number of rotatable bonds is 8. The van der Waals surface area contributed by atoms with Crippen LogP contribution >= 0.6 is 24.0 Å². The summed E-state index contributed by atoms with van der Waals surface area (Å²) in [6.45, 7) is 4.64. The summed E-state index contributed by atoms with van der Waals surface area (Å²) in [4.78, 5) is 20.4. The zero-order valence-electron chi connectivity index (χ0n) is 14.9. The zero-order chi connectivity index (χ0) is 17.7. The van der Waals surface area contributed by atoms with Gasteiger partial charge in [0.05, 0.1) is 5.56 Å². The van der Waals surface area contributed by atoms with Gasteiger partial charge in [-0.2, -0.15) is 0 Å². The Morgan fingerprint density at radius 3 is 2.50 bits per heavy atom. The minimum atomic E-state index is -0.124. The van der Waals surface area contributed by atoms with Gasteiger partial charge in [0.1, 0.15) is 0 Å². The van der Waals surface area contributed by atoms with Gasteiger partial charge in [-0.1, -0.05) is 30.3 Å². The smallest absolute Gasteiger partial charge is 0.252 e. The summed E-state index contributed by atoms with van der Waals surface area (Å²) < 4.78 is 0. The standard InChI is InChI=1S/C19H25N5O.HI/c1-2-21-19(23-12-10-16-7-4-3-5-8-16)24-14-13-22-18(25)17-9-6-11-20-15-17;/h3-9,11,15H,2,10,12-14H2,1H3,(H,22,25)(H2,21,23,24);1H. The highest BCUT2D eigenvalue weighted by Gasteiger charge is 2.04. The van der Waals surface area contributed by atoms with Crippen molar-refractivity contribution in [3.8, 4) is 0 Å². The third kappa shape index (κ3) is 8.28. The SMILES string of the molecule is CCNC(=NCCc1ccccc1)NCCNC(=O)c1cccnc1.I. The lowest BCUT2D eigenvalue weighted by Gasteiger charge is -2.12. The Balaban J connectivity index is 0.00000338. The molecule has 140 valence electrons. The van der Waals surface area contributed by atoms with Gasteiger partial charge in [0.25, 0.3) is 5.91 Å². The number of nitrogens with zero attached hydrogens (tertiary/aromatic N) is 2. The van der Waals surface area contributed by atoms with Crippen LogP contribution < -0.4 is 16.0 Å². The maximum absolute atomic E-state index is 11.9. The monoisotopic (exact) mass is 467 g/mol. The molecular formula is C19H26IN5O. The molecule has 7 heteroatoms. The molecule has 2 rings (SSSR count). The highest BCUT2D eigenvalue weighted by molar-refractivity contribution is 14.0. The maximum atomic E-state index is 11.9. The molecule has 0 aliphatic heterocycles. The lowest BCUT2D eigenvalue weighted by atomic mass is 10.2. The van der Waals surface area contributed by atoms with Crippen molar-refractivity contribution in [1.82, 2.24) is 20.9 Å². The number of hydrogen-bond acceptors (Lipinski definition) is 3. The number of guanidine groups is 1. The second-order valence-corrected chi connectivity index (χ2v) is 5.42. The van der Waals surface area contributed by atoms with Crippen molar-refractivity contribution in [2.24, 2.45) is 4.99 Å². The van der Waals surface area contributed by atoms with Gasteiger partial charge in [0.2, 0.25) is 0 Å². The highest BCUT2D eigenvalue weighted by atomic mass is 127. The van der Waals surface area contributed by atoms with Crippen molar-refractivity contribution in [3.63, 3.8) is 0 Å². The van der Waals surface area contributed by atoms with Crippen LogP contribution in [0.2, 0.25) is 0 Å². The molecule has 3 N–H and O–H groups in total. The minimum Gasteiger partial charge on any atom is -0.357 e. The summed E-state index contributed by atoms with van der Waals surface area (Å²) in [5, 5.41) is 9.28. The average Bonchev–Trinajstić information content (AvgIpc) is 2.66. The topological polar surface area (TPSA) is 78.4 Å². The quantitative estimate of drug-likeness (QED) is 0.241. The van der Waals surface area contributed by atoms with Gasteiger partial charge < -0.3 is 16.0 Å². The van der Waals surface area contributed by atoms with Crippen LogP contribution in [-0.4, -0.2) is 43.0 Å². The first-order chi connectivity index (χ1) is 12.3. The van der Waals surface area contributed by atoms with E-state index in [0.717, 1.165) is 18.9 Å². The van der Waals surface area contributed by atoms with Crippen LogP contribution in [0.3, 0.4) is 0 Å². The molecule has 26 heavy (non-hydrogen) atoms. The molecule has 1 heterocycles. The molecule has 0 aliphatic carbocycles. The fraction of sp³-hybridized carbons (Fsp3) is 0.316. The molecular weight excluding hydrogens is 441 g/mol. The first-order valence-electron chi connectivity index (χ1n) is 8.54. The largest absolute Gasteiger partial charge is 0.357 e. The van der Waals surface area contributed by atoms with Gasteiger partial charge in [-0.05, 0) is 31.0 Å². The number of hydrogen-bond donors (Lipinski definition) is 3. The number of carbonyl (C=O) groups is 1. The normalized spacial score (nSPS) is 10.6. The Kier molecular flexibility index (Phi) is 11.0. The van der Waals surface area contributed by atoms with E-state index in [0.29, 0.717) is 25.2 Å². The fourth-order valence-corrected chi connectivity index (χ4v) is 2.24. The first kappa shape index (κ1) is 21.9. The molecule has 0 saturated carbocycles. The van der Waals surface area contributed by atoms with Crippen molar-refractivity contribution < 1.29 is 4.79 Å². The molecule has 0 atom stereocenters. The van der Waals surface area contributed by atoms with Crippen LogP contribution in [0.5, 0.6) is 0 Å². The van der Waals surface area contributed by atoms with Crippen molar-refractivity contribution in [1.29, 1.82) is 0 Å². The number of aromatic nitrogens is 1. The van der Waals surface area contributed by atoms with Crippen LogP contribution in [0.4, 0.5) is 0 Å². The zero-order valence-corrected chi connectivity index (χ0v) is 17.3. The number of pyridine rings is 1. The Morgan fingerprint density at radius 1 is 1.04 bits per heavy atom. The average molecular weight is 467 g/mol. The predicted molar refractivity (Wildman–Crippen MR) is 116 cm³/mol. The van der Waals surface area contributed by atoms with Crippen LogP contribution in [0.1, 0.15) is 22.8 Å². The molecule has 1 aromatic heterocycles.